The summed E-state index contributed by atoms with van der Waals surface area (Å²) in [5, 5.41) is 49.3. The van der Waals surface area contributed by atoms with Crippen LogP contribution in [0.4, 0.5) is 0 Å². The van der Waals surface area contributed by atoms with E-state index in [4.69, 9.17) is 28.4 Å². The first-order chi connectivity index (χ1) is 24.1. The van der Waals surface area contributed by atoms with E-state index in [0.717, 1.165) is 26.4 Å². The summed E-state index contributed by atoms with van der Waals surface area (Å²) < 4.78 is 32.7. The Kier molecular flexibility index (Phi) is 8.95. The van der Waals surface area contributed by atoms with E-state index < -0.39 is 105 Å². The quantitative estimate of drug-likeness (QED) is 0.239. The van der Waals surface area contributed by atoms with Crippen LogP contribution in [0.1, 0.15) is 75.4 Å². The Labute approximate surface area is 290 Å². The number of aliphatic hydroxyl groups excluding tert-OH is 2. The van der Waals surface area contributed by atoms with Crippen molar-refractivity contribution in [2.24, 2.45) is 0 Å². The zero-order valence-electron chi connectivity index (χ0n) is 28.7. The SMILES string of the molecule is COC(=O)c1c(C)cc2c(c1OC)[C@]1(O)C(=O)c3cc4c(c(O)c3C(=O)[C@]1(OC)[C@H](O)C2)C(=O)C=C(N[C@H]1O[C@@H](C)[C@H](OC)[C@@H](O)[C@H]1OC)C4=O. The maximum atomic E-state index is 14.8. The molecule has 6 rings (SSSR count). The predicted octanol–water partition coefficient (Wildman–Crippen LogP) is 0.0530. The number of allylic oxidation sites excluding steroid dienone is 2. The van der Waals surface area contributed by atoms with Gasteiger partial charge in [-0.25, -0.2) is 4.79 Å². The fourth-order valence-electron chi connectivity index (χ4n) is 8.03. The van der Waals surface area contributed by atoms with Crippen molar-refractivity contribution in [1.29, 1.82) is 0 Å². The second-order valence-electron chi connectivity index (χ2n) is 12.8. The van der Waals surface area contributed by atoms with Crippen LogP contribution in [-0.2, 0) is 35.7 Å². The molecule has 51 heavy (non-hydrogen) atoms. The normalized spacial score (nSPS) is 31.2. The topological polar surface area (TPSA) is 234 Å². The number of ether oxygens (including phenoxy) is 6. The molecule has 0 unspecified atom stereocenters. The molecule has 3 aliphatic carbocycles. The number of benzene rings is 2. The van der Waals surface area contributed by atoms with Gasteiger partial charge in [-0.1, -0.05) is 6.07 Å². The Balaban J connectivity index is 1.53. The van der Waals surface area contributed by atoms with Gasteiger partial charge in [0.2, 0.25) is 17.3 Å². The lowest BCUT2D eigenvalue weighted by atomic mass is 9.56. The van der Waals surface area contributed by atoms with Crippen molar-refractivity contribution in [3.63, 3.8) is 0 Å². The number of Topliss-reactive ketones (excluding diaryl/α,β-unsaturated/α-hetero) is 3. The minimum absolute atomic E-state index is 0.138. The second kappa shape index (κ2) is 12.6. The lowest BCUT2D eigenvalue weighted by Gasteiger charge is -2.53. The molecule has 16 nitrogen and oxygen atoms in total. The zero-order valence-corrected chi connectivity index (χ0v) is 28.7. The minimum atomic E-state index is -3.11. The minimum Gasteiger partial charge on any atom is -0.506 e. The van der Waals surface area contributed by atoms with Crippen molar-refractivity contribution in [2.75, 3.05) is 35.5 Å². The molecule has 2 aromatic rings. The summed E-state index contributed by atoms with van der Waals surface area (Å²) in [6.45, 7) is 3.17. The fraction of sp³-hybridized carbons (Fsp3) is 0.457. The summed E-state index contributed by atoms with van der Waals surface area (Å²) in [5.74, 6) is -6.71. The van der Waals surface area contributed by atoms with Crippen LogP contribution in [0.3, 0.4) is 0 Å². The molecule has 272 valence electrons. The van der Waals surface area contributed by atoms with E-state index in [9.17, 15) is 44.4 Å². The van der Waals surface area contributed by atoms with E-state index in [2.05, 4.69) is 5.32 Å². The van der Waals surface area contributed by atoms with Crippen LogP contribution < -0.4 is 10.1 Å². The predicted molar refractivity (Wildman–Crippen MR) is 171 cm³/mol. The average Bonchev–Trinajstić information content (AvgIpc) is 3.08. The standard InChI is InChI=1S/C35H37NO15/c1-12-8-14-9-19(38)35(50-7)31(43)22-16(30(42)34(35,45)23(14)28(47-4)20(12)33(44)49-6)10-15-21(25(22)40)18(37)11-17(24(15)39)36-32-29(48-5)26(41)27(46-3)13(2)51-32/h8,10-11,13,19,26-27,29,32,36,38,40-41,45H,9H2,1-7H3/t13-,19+,26+,27-,29+,32-,34-,35+/m0/s1. The highest BCUT2D eigenvalue weighted by Gasteiger charge is 2.72. The molecule has 1 saturated heterocycles. The van der Waals surface area contributed by atoms with Gasteiger partial charge in [0.1, 0.15) is 35.4 Å². The van der Waals surface area contributed by atoms with Gasteiger partial charge in [0.25, 0.3) is 0 Å². The van der Waals surface area contributed by atoms with Crippen LogP contribution in [0.5, 0.6) is 11.5 Å². The van der Waals surface area contributed by atoms with Crippen molar-refractivity contribution in [3.05, 3.63) is 68.4 Å². The van der Waals surface area contributed by atoms with Gasteiger partial charge in [-0.2, -0.15) is 0 Å². The number of phenols is 1. The number of aryl methyl sites for hydroxylation is 1. The fourth-order valence-corrected chi connectivity index (χ4v) is 8.03. The average molecular weight is 712 g/mol. The Morgan fingerprint density at radius 3 is 2.22 bits per heavy atom. The molecular formula is C35H37NO15. The first-order valence-corrected chi connectivity index (χ1v) is 15.8. The Hall–Kier alpha value is -4.55. The number of nitrogens with one attached hydrogen (secondary N) is 1. The molecule has 0 spiro atoms. The van der Waals surface area contributed by atoms with Gasteiger partial charge in [0.05, 0.1) is 43.3 Å². The van der Waals surface area contributed by atoms with Gasteiger partial charge in [-0.05, 0) is 31.0 Å². The van der Waals surface area contributed by atoms with E-state index in [1.165, 1.54) is 27.4 Å². The number of rotatable bonds is 7. The van der Waals surface area contributed by atoms with E-state index in [1.807, 2.05) is 0 Å². The number of esters is 1. The highest BCUT2D eigenvalue weighted by Crippen LogP contribution is 2.57. The number of hydrogen-bond acceptors (Lipinski definition) is 16. The summed E-state index contributed by atoms with van der Waals surface area (Å²) in [4.78, 5) is 69.8. The van der Waals surface area contributed by atoms with Gasteiger partial charge in [-0.3, -0.25) is 19.2 Å². The second-order valence-corrected chi connectivity index (χ2v) is 12.8. The van der Waals surface area contributed by atoms with Gasteiger partial charge >= 0.3 is 5.97 Å². The molecule has 0 aromatic heterocycles. The van der Waals surface area contributed by atoms with Crippen LogP contribution in [-0.4, -0.2) is 127 Å². The largest absolute Gasteiger partial charge is 0.506 e. The number of aromatic hydroxyl groups is 1. The number of aliphatic hydroxyl groups is 3. The summed E-state index contributed by atoms with van der Waals surface area (Å²) in [6, 6.07) is 2.33. The molecule has 4 aliphatic rings. The Morgan fingerprint density at radius 1 is 0.961 bits per heavy atom. The third-order valence-corrected chi connectivity index (χ3v) is 10.3. The van der Waals surface area contributed by atoms with Gasteiger partial charge in [0, 0.05) is 50.5 Å². The van der Waals surface area contributed by atoms with E-state index in [1.54, 1.807) is 13.8 Å². The molecular weight excluding hydrogens is 674 g/mol. The molecule has 1 aliphatic heterocycles. The zero-order chi connectivity index (χ0) is 37.5. The van der Waals surface area contributed by atoms with E-state index in [0.29, 0.717) is 5.56 Å². The lowest BCUT2D eigenvalue weighted by Crippen LogP contribution is -2.73. The number of phenolic OH excluding ortho intramolecular Hbond substituents is 1. The number of ketones is 4. The summed E-state index contributed by atoms with van der Waals surface area (Å²) in [5.41, 5.74) is -8.93. The van der Waals surface area contributed by atoms with Gasteiger partial charge < -0.3 is 54.2 Å². The van der Waals surface area contributed by atoms with Crippen molar-refractivity contribution < 1.29 is 72.8 Å². The van der Waals surface area contributed by atoms with Gasteiger partial charge in [-0.15, -0.1) is 0 Å². The molecule has 2 aromatic carbocycles. The summed E-state index contributed by atoms with van der Waals surface area (Å²) in [6.07, 6.45) is -6.34. The molecule has 8 atom stereocenters. The molecule has 5 N–H and O–H groups in total. The molecule has 0 bridgehead atoms. The molecule has 1 heterocycles. The Morgan fingerprint density at radius 2 is 1.63 bits per heavy atom. The summed E-state index contributed by atoms with van der Waals surface area (Å²) in [7, 11) is 5.93. The van der Waals surface area contributed by atoms with Crippen LogP contribution in [0, 0.1) is 6.92 Å². The smallest absolute Gasteiger partial charge is 0.341 e. The molecule has 0 amide bonds. The number of carbonyl (C=O) groups excluding carboxylic acids is 5. The van der Waals surface area contributed by atoms with E-state index >= 15 is 0 Å². The van der Waals surface area contributed by atoms with Crippen LogP contribution >= 0.6 is 0 Å². The monoisotopic (exact) mass is 711 g/mol. The van der Waals surface area contributed by atoms with Crippen molar-refractivity contribution in [2.45, 2.75) is 68.2 Å². The summed E-state index contributed by atoms with van der Waals surface area (Å²) >= 11 is 0. The molecule has 0 radical (unpaired) electrons. The maximum Gasteiger partial charge on any atom is 0.341 e. The first kappa shape index (κ1) is 36.2. The van der Waals surface area contributed by atoms with Crippen molar-refractivity contribution >= 4 is 29.1 Å². The number of carbonyl (C=O) groups is 5. The maximum absolute atomic E-state index is 14.8. The van der Waals surface area contributed by atoms with Crippen LogP contribution in [0.25, 0.3) is 0 Å². The van der Waals surface area contributed by atoms with Crippen molar-refractivity contribution in [3.8, 4) is 11.5 Å². The number of methoxy groups -OCH3 is 5. The molecule has 1 fully saturated rings. The number of hydrogen-bond donors (Lipinski definition) is 5. The first-order valence-electron chi connectivity index (χ1n) is 15.8. The highest BCUT2D eigenvalue weighted by molar-refractivity contribution is 6.31. The third kappa shape index (κ3) is 4.68. The van der Waals surface area contributed by atoms with Crippen LogP contribution in [0.2, 0.25) is 0 Å². The van der Waals surface area contributed by atoms with E-state index in [-0.39, 0.29) is 34.6 Å². The third-order valence-electron chi connectivity index (χ3n) is 10.3. The molecule has 16 heteroatoms. The molecule has 0 saturated carbocycles. The Bertz CT molecular complexity index is 1940. The lowest BCUT2D eigenvalue weighted by molar-refractivity contribution is -0.236. The highest BCUT2D eigenvalue weighted by atomic mass is 16.6. The van der Waals surface area contributed by atoms with Crippen LogP contribution in [0.15, 0.2) is 23.9 Å². The van der Waals surface area contributed by atoms with Gasteiger partial charge in [0.15, 0.2) is 23.2 Å². The van der Waals surface area contributed by atoms with Crippen molar-refractivity contribution in [1.82, 2.24) is 5.32 Å². The number of fused-ring (bicyclic) bond motifs is 5.